The summed E-state index contributed by atoms with van der Waals surface area (Å²) >= 11 is 0. The molecule has 5 aliphatic carbocycles. The zero-order chi connectivity index (χ0) is 23.3. The largest absolute Gasteiger partial charge is 0.396 e. The lowest BCUT2D eigenvalue weighted by Gasteiger charge is -2.73. The molecular weight excluding hydrogens is 392 g/mol. The van der Waals surface area contributed by atoms with Crippen molar-refractivity contribution in [3.8, 4) is 0 Å². The van der Waals surface area contributed by atoms with E-state index < -0.39 is 0 Å². The second-order valence-corrected chi connectivity index (χ2v) is 14.6. The third-order valence-corrected chi connectivity index (χ3v) is 13.6. The van der Waals surface area contributed by atoms with E-state index in [0.717, 1.165) is 30.6 Å². The lowest BCUT2D eigenvalue weighted by atomic mass is 9.32. The monoisotopic (exact) mass is 442 g/mol. The van der Waals surface area contributed by atoms with Crippen molar-refractivity contribution in [1.29, 1.82) is 0 Å². The zero-order valence-corrected chi connectivity index (χ0v) is 21.8. The highest BCUT2D eigenvalue weighted by atomic mass is 16.3. The Balaban J connectivity index is 1.54. The Labute approximate surface area is 197 Å². The molecule has 5 aliphatic rings. The van der Waals surface area contributed by atoms with Crippen molar-refractivity contribution < 1.29 is 10.2 Å². The van der Waals surface area contributed by atoms with Gasteiger partial charge in [0.05, 0.1) is 12.7 Å². The van der Waals surface area contributed by atoms with Crippen LogP contribution in [-0.2, 0) is 0 Å². The van der Waals surface area contributed by atoms with E-state index in [0.29, 0.717) is 28.1 Å². The molecule has 0 aromatic heterocycles. The van der Waals surface area contributed by atoms with Gasteiger partial charge in [0.2, 0.25) is 0 Å². The maximum atomic E-state index is 10.9. The van der Waals surface area contributed by atoms with Gasteiger partial charge in [0.15, 0.2) is 0 Å². The highest BCUT2D eigenvalue weighted by Gasteiger charge is 2.70. The number of fused-ring (bicyclic) bond motifs is 7. The fraction of sp³-hybridized carbons (Fsp3) is 0.933. The van der Waals surface area contributed by atoms with Gasteiger partial charge in [-0.05, 0) is 122 Å². The van der Waals surface area contributed by atoms with E-state index in [1.54, 1.807) is 0 Å². The van der Waals surface area contributed by atoms with E-state index >= 15 is 0 Å². The van der Waals surface area contributed by atoms with E-state index in [1.807, 2.05) is 0 Å². The first-order valence-corrected chi connectivity index (χ1v) is 13.8. The van der Waals surface area contributed by atoms with Crippen LogP contribution < -0.4 is 0 Å². The average Bonchev–Trinajstić information content (AvgIpc) is 3.09. The molecule has 0 aliphatic heterocycles. The molecule has 0 radical (unpaired) electrons. The summed E-state index contributed by atoms with van der Waals surface area (Å²) in [4.78, 5) is 0. The molecule has 0 aromatic carbocycles. The fourth-order valence-corrected chi connectivity index (χ4v) is 11.5. The van der Waals surface area contributed by atoms with Crippen molar-refractivity contribution in [1.82, 2.24) is 0 Å². The van der Waals surface area contributed by atoms with Crippen molar-refractivity contribution in [2.24, 2.45) is 56.7 Å². The van der Waals surface area contributed by atoms with E-state index in [4.69, 9.17) is 0 Å². The Hall–Kier alpha value is -0.340. The van der Waals surface area contributed by atoms with Gasteiger partial charge in [-0.15, -0.1) is 0 Å². The van der Waals surface area contributed by atoms with E-state index in [9.17, 15) is 10.2 Å². The van der Waals surface area contributed by atoms with Crippen molar-refractivity contribution >= 4 is 0 Å². The third-order valence-electron chi connectivity index (χ3n) is 13.6. The van der Waals surface area contributed by atoms with Gasteiger partial charge in [0.1, 0.15) is 0 Å². The minimum Gasteiger partial charge on any atom is -0.396 e. The third kappa shape index (κ3) is 2.66. The molecule has 182 valence electrons. The highest BCUT2D eigenvalue weighted by Crippen LogP contribution is 2.77. The minimum absolute atomic E-state index is 0.123. The Bertz CT molecular complexity index is 790. The molecule has 2 nitrogen and oxygen atoms in total. The number of rotatable bonds is 2. The van der Waals surface area contributed by atoms with Crippen LogP contribution in [0.2, 0.25) is 0 Å². The Morgan fingerprint density at radius 3 is 2.19 bits per heavy atom. The Morgan fingerprint density at radius 1 is 0.812 bits per heavy atom. The summed E-state index contributed by atoms with van der Waals surface area (Å²) in [5, 5.41) is 21.3. The zero-order valence-electron chi connectivity index (χ0n) is 21.8. The molecule has 0 amide bonds. The van der Waals surface area contributed by atoms with Crippen LogP contribution >= 0.6 is 0 Å². The van der Waals surface area contributed by atoms with E-state index in [2.05, 4.69) is 48.1 Å². The van der Waals surface area contributed by atoms with Crippen molar-refractivity contribution in [3.63, 3.8) is 0 Å². The average molecular weight is 443 g/mol. The summed E-state index contributed by atoms with van der Waals surface area (Å²) in [6.07, 6.45) is 12.3. The van der Waals surface area contributed by atoms with Crippen LogP contribution in [-0.4, -0.2) is 22.9 Å². The standard InChI is InChI=1S/C30H50O2/c1-19(2)20-10-13-26(3)16-17-29(6)21(25(20)26)8-9-23-27(4)14-12-24(32)28(5,18-31)22(27)11-15-30(23,29)7/h20-25,31-32H,1,8-18H2,2-7H3/t20-,21+,22+,23+,24-,25+,26+,27-,28?,29+,30+/m0/s1. The lowest BCUT2D eigenvalue weighted by molar-refractivity contribution is -0.253. The smallest absolute Gasteiger partial charge is 0.0618 e. The summed E-state index contributed by atoms with van der Waals surface area (Å²) in [6.45, 7) is 19.6. The number of aliphatic hydroxyl groups excluding tert-OH is 2. The molecule has 1 unspecified atom stereocenters. The first-order valence-electron chi connectivity index (χ1n) is 13.8. The molecule has 2 N–H and O–H groups in total. The second kappa shape index (κ2) is 7.09. The van der Waals surface area contributed by atoms with E-state index in [-0.39, 0.29) is 23.5 Å². The van der Waals surface area contributed by atoms with Crippen molar-refractivity contribution in [2.75, 3.05) is 6.61 Å². The van der Waals surface area contributed by atoms with Crippen LogP contribution in [0.25, 0.3) is 0 Å². The van der Waals surface area contributed by atoms with Crippen LogP contribution in [0.4, 0.5) is 0 Å². The summed E-state index contributed by atoms with van der Waals surface area (Å²) in [5.41, 5.74) is 2.62. The highest BCUT2D eigenvalue weighted by molar-refractivity contribution is 5.21. The molecule has 5 fully saturated rings. The van der Waals surface area contributed by atoms with Gasteiger partial charge in [-0.25, -0.2) is 0 Å². The SMILES string of the molecule is C=C(C)[C@@H]1CC[C@]2(C)CC[C@]3(C)[C@H](CC[C@@H]4[C@@]5(C)CC[C@H](O)C(C)(CO)[C@@H]5CC[C@]43C)[C@@H]12. The van der Waals surface area contributed by atoms with Crippen LogP contribution in [0.3, 0.4) is 0 Å². The molecule has 11 atom stereocenters. The van der Waals surface area contributed by atoms with Gasteiger partial charge in [-0.1, -0.05) is 46.8 Å². The van der Waals surface area contributed by atoms with Gasteiger partial charge in [-0.2, -0.15) is 0 Å². The summed E-state index contributed by atoms with van der Waals surface area (Å²) in [5.74, 6) is 3.51. The second-order valence-electron chi connectivity index (χ2n) is 14.6. The van der Waals surface area contributed by atoms with Gasteiger partial charge < -0.3 is 10.2 Å². The topological polar surface area (TPSA) is 40.5 Å². The van der Waals surface area contributed by atoms with Gasteiger partial charge >= 0.3 is 0 Å². The molecule has 0 saturated heterocycles. The molecule has 5 rings (SSSR count). The number of allylic oxidation sites excluding steroid dienone is 1. The number of aliphatic hydroxyl groups is 2. The minimum atomic E-state index is -0.355. The normalized spacial score (nSPS) is 59.5. The van der Waals surface area contributed by atoms with Crippen LogP contribution in [0.5, 0.6) is 0 Å². The van der Waals surface area contributed by atoms with Gasteiger partial charge in [0.25, 0.3) is 0 Å². The van der Waals surface area contributed by atoms with Crippen molar-refractivity contribution in [2.45, 2.75) is 112 Å². The number of hydrogen-bond donors (Lipinski definition) is 2. The summed E-state index contributed by atoms with van der Waals surface area (Å²) < 4.78 is 0. The number of hydrogen-bond acceptors (Lipinski definition) is 2. The van der Waals surface area contributed by atoms with Crippen LogP contribution in [0.1, 0.15) is 106 Å². The van der Waals surface area contributed by atoms with E-state index in [1.165, 1.54) is 56.9 Å². The summed E-state index contributed by atoms with van der Waals surface area (Å²) in [7, 11) is 0. The first kappa shape index (κ1) is 23.4. The maximum Gasteiger partial charge on any atom is 0.0618 e. The maximum absolute atomic E-state index is 10.9. The summed E-state index contributed by atoms with van der Waals surface area (Å²) in [6, 6.07) is 0. The van der Waals surface area contributed by atoms with Gasteiger partial charge in [0, 0.05) is 5.41 Å². The molecule has 2 heteroatoms. The molecule has 5 saturated carbocycles. The molecule has 0 aromatic rings. The predicted molar refractivity (Wildman–Crippen MR) is 132 cm³/mol. The molecule has 32 heavy (non-hydrogen) atoms. The lowest BCUT2D eigenvalue weighted by Crippen LogP contribution is -2.67. The molecule has 0 heterocycles. The quantitative estimate of drug-likeness (QED) is 0.452. The fourth-order valence-electron chi connectivity index (χ4n) is 11.5. The molecule has 0 spiro atoms. The first-order chi connectivity index (χ1) is 14.9. The van der Waals surface area contributed by atoms with Crippen molar-refractivity contribution in [3.05, 3.63) is 12.2 Å². The van der Waals surface area contributed by atoms with Crippen LogP contribution in [0.15, 0.2) is 12.2 Å². The molecule has 0 bridgehead atoms. The molecular formula is C30H50O2. The van der Waals surface area contributed by atoms with Gasteiger partial charge in [-0.3, -0.25) is 0 Å². The predicted octanol–water partition coefficient (Wildman–Crippen LogP) is 7.00. The Kier molecular flexibility index (Phi) is 5.19. The Morgan fingerprint density at radius 2 is 1.53 bits per heavy atom. The van der Waals surface area contributed by atoms with Crippen LogP contribution in [0, 0.1) is 56.7 Å².